The molecule has 2 heteroatoms. The van der Waals surface area contributed by atoms with Gasteiger partial charge >= 0.3 is 0 Å². The van der Waals surface area contributed by atoms with Crippen molar-refractivity contribution >= 4 is 48.6 Å². The average molecular weight is 782 g/mol. The molecule has 1 nitrogen and oxygen atoms in total. The van der Waals surface area contributed by atoms with Crippen LogP contribution in [0.2, 0.25) is 0 Å². The van der Waals surface area contributed by atoms with E-state index in [0.29, 0.717) is 0 Å². The Hall–Kier alpha value is -7.00. The maximum absolute atomic E-state index is 2.49. The van der Waals surface area contributed by atoms with Crippen LogP contribution in [0, 0.1) is 0 Å². The Bertz CT molecular complexity index is 3390. The molecular formula is C58H39NS. The first-order valence-electron chi connectivity index (χ1n) is 21.0. The Morgan fingerprint density at radius 2 is 0.850 bits per heavy atom. The number of hydrogen-bond donors (Lipinski definition) is 0. The van der Waals surface area contributed by atoms with Gasteiger partial charge in [0.15, 0.2) is 0 Å². The quantitative estimate of drug-likeness (QED) is 0.172. The van der Waals surface area contributed by atoms with E-state index in [1.165, 1.54) is 98.1 Å². The fourth-order valence-corrected chi connectivity index (χ4v) is 12.3. The zero-order chi connectivity index (χ0) is 39.7. The summed E-state index contributed by atoms with van der Waals surface area (Å²) in [4.78, 5) is 2.49. The van der Waals surface area contributed by atoms with Crippen LogP contribution in [0.5, 0.6) is 0 Å². The summed E-state index contributed by atoms with van der Waals surface area (Å²) in [6.45, 7) is 4.75. The molecule has 282 valence electrons. The van der Waals surface area contributed by atoms with Gasteiger partial charge in [0.1, 0.15) is 0 Å². The Morgan fingerprint density at radius 3 is 1.58 bits per heavy atom. The highest BCUT2D eigenvalue weighted by Crippen LogP contribution is 2.63. The first kappa shape index (κ1) is 33.9. The van der Waals surface area contributed by atoms with Gasteiger partial charge in [-0.2, -0.15) is 0 Å². The molecule has 0 saturated carbocycles. The summed E-state index contributed by atoms with van der Waals surface area (Å²) in [6.07, 6.45) is 0. The topological polar surface area (TPSA) is 3.24 Å². The second-order valence-corrected chi connectivity index (χ2v) is 18.3. The number of anilines is 3. The van der Waals surface area contributed by atoms with E-state index in [4.69, 9.17) is 0 Å². The third kappa shape index (κ3) is 4.46. The van der Waals surface area contributed by atoms with E-state index in [1.807, 2.05) is 11.3 Å². The average Bonchev–Trinajstić information content (AvgIpc) is 3.98. The third-order valence-electron chi connectivity index (χ3n) is 13.9. The number of thiophene rings is 1. The molecule has 0 fully saturated rings. The normalized spacial score (nSPS) is 14.4. The van der Waals surface area contributed by atoms with E-state index in [2.05, 4.69) is 219 Å². The standard InChI is InChI=1S/C58H39NS/c1-57(2)49-21-8-3-16-41(49)45-29-27-40(35-54(45)57)59(38-15-13-14-36(32-38)37-26-31-56-48(33-37)46-20-7-12-25-55(46)60-56)39-28-30-53-47(34-39)44-19-6-11-24-52(44)58(53)50-22-9-4-17-42(50)43-18-5-10-23-51(43)58/h3-35H,1-2H3. The van der Waals surface area contributed by atoms with Crippen molar-refractivity contribution in [2.75, 3.05) is 4.90 Å². The van der Waals surface area contributed by atoms with Gasteiger partial charge in [-0.05, 0) is 132 Å². The molecule has 3 aliphatic carbocycles. The fraction of sp³-hybridized carbons (Fsp3) is 0.0690. The van der Waals surface area contributed by atoms with Crippen molar-refractivity contribution in [1.82, 2.24) is 0 Å². The maximum Gasteiger partial charge on any atom is 0.0725 e. The van der Waals surface area contributed by atoms with Crippen LogP contribution in [0.4, 0.5) is 17.1 Å². The van der Waals surface area contributed by atoms with E-state index >= 15 is 0 Å². The van der Waals surface area contributed by atoms with Crippen molar-refractivity contribution < 1.29 is 0 Å². The van der Waals surface area contributed by atoms with E-state index in [9.17, 15) is 0 Å². The summed E-state index contributed by atoms with van der Waals surface area (Å²) < 4.78 is 2.65. The van der Waals surface area contributed by atoms with Crippen LogP contribution in [-0.4, -0.2) is 0 Å². The van der Waals surface area contributed by atoms with Gasteiger partial charge in [0.2, 0.25) is 0 Å². The predicted molar refractivity (Wildman–Crippen MR) is 253 cm³/mol. The van der Waals surface area contributed by atoms with Crippen LogP contribution in [-0.2, 0) is 10.8 Å². The maximum atomic E-state index is 2.49. The first-order chi connectivity index (χ1) is 29.5. The Morgan fingerprint density at radius 1 is 0.333 bits per heavy atom. The minimum Gasteiger partial charge on any atom is -0.310 e. The molecule has 60 heavy (non-hydrogen) atoms. The van der Waals surface area contributed by atoms with Crippen molar-refractivity contribution in [2.24, 2.45) is 0 Å². The summed E-state index contributed by atoms with van der Waals surface area (Å²) in [5, 5.41) is 2.64. The van der Waals surface area contributed by atoms with Gasteiger partial charge in [-0.25, -0.2) is 0 Å². The highest BCUT2D eigenvalue weighted by Gasteiger charge is 2.51. The number of rotatable bonds is 4. The van der Waals surface area contributed by atoms with Gasteiger partial charge in [0.05, 0.1) is 5.41 Å². The first-order valence-corrected chi connectivity index (χ1v) is 21.8. The summed E-state index contributed by atoms with van der Waals surface area (Å²) >= 11 is 1.87. The van der Waals surface area contributed by atoms with Gasteiger partial charge in [0, 0.05) is 42.6 Å². The van der Waals surface area contributed by atoms with E-state index in [-0.39, 0.29) is 10.8 Å². The van der Waals surface area contributed by atoms with Crippen LogP contribution in [0.3, 0.4) is 0 Å². The molecule has 0 unspecified atom stereocenters. The smallest absolute Gasteiger partial charge is 0.0725 e. The van der Waals surface area contributed by atoms with Crippen LogP contribution in [0.1, 0.15) is 47.2 Å². The molecule has 9 aromatic carbocycles. The van der Waals surface area contributed by atoms with Crippen LogP contribution >= 0.6 is 11.3 Å². The van der Waals surface area contributed by atoms with Crippen LogP contribution in [0.25, 0.3) is 64.7 Å². The molecule has 0 radical (unpaired) electrons. The zero-order valence-corrected chi connectivity index (χ0v) is 34.2. The van der Waals surface area contributed by atoms with Crippen LogP contribution in [0.15, 0.2) is 200 Å². The molecule has 0 aliphatic heterocycles. The Labute approximate surface area is 354 Å². The van der Waals surface area contributed by atoms with E-state index in [1.54, 1.807) is 0 Å². The molecule has 3 aliphatic rings. The SMILES string of the molecule is CC1(C)c2ccccc2-c2ccc(N(c3cccc(-c4ccc5sc6ccccc6c5c4)c3)c3ccc4c(c3)-c3ccccc3C43c4ccccc4-c4ccccc43)cc21. The van der Waals surface area contributed by atoms with Crippen molar-refractivity contribution in [2.45, 2.75) is 24.7 Å². The number of hydrogen-bond acceptors (Lipinski definition) is 2. The lowest BCUT2D eigenvalue weighted by Crippen LogP contribution is -2.25. The zero-order valence-electron chi connectivity index (χ0n) is 33.4. The molecule has 13 rings (SSSR count). The predicted octanol–water partition coefficient (Wildman–Crippen LogP) is 15.8. The monoisotopic (exact) mass is 781 g/mol. The van der Waals surface area contributed by atoms with Gasteiger partial charge in [-0.15, -0.1) is 11.3 Å². The molecule has 1 aromatic heterocycles. The van der Waals surface area contributed by atoms with Gasteiger partial charge in [0.25, 0.3) is 0 Å². The third-order valence-corrected chi connectivity index (χ3v) is 15.0. The Balaban J connectivity index is 1.03. The summed E-state index contributed by atoms with van der Waals surface area (Å²) in [6, 6.07) is 75.5. The van der Waals surface area contributed by atoms with Gasteiger partial charge in [-0.3, -0.25) is 0 Å². The second kappa shape index (κ2) is 12.3. The number of fused-ring (bicyclic) bond motifs is 16. The van der Waals surface area contributed by atoms with E-state index in [0.717, 1.165) is 17.1 Å². The molecule has 10 aromatic rings. The summed E-state index contributed by atoms with van der Waals surface area (Å²) in [5.74, 6) is 0. The van der Waals surface area contributed by atoms with Gasteiger partial charge in [-0.1, -0.05) is 159 Å². The lowest BCUT2D eigenvalue weighted by Gasteiger charge is -2.31. The summed E-state index contributed by atoms with van der Waals surface area (Å²) in [5.41, 5.74) is 21.5. The van der Waals surface area contributed by atoms with Crippen LogP contribution < -0.4 is 4.90 Å². The van der Waals surface area contributed by atoms with Crippen molar-refractivity contribution in [1.29, 1.82) is 0 Å². The highest BCUT2D eigenvalue weighted by molar-refractivity contribution is 7.25. The fourth-order valence-electron chi connectivity index (χ4n) is 11.2. The van der Waals surface area contributed by atoms with Gasteiger partial charge < -0.3 is 4.90 Å². The molecule has 1 heterocycles. The molecule has 0 N–H and O–H groups in total. The lowest BCUT2D eigenvalue weighted by molar-refractivity contribution is 0.660. The minimum atomic E-state index is -0.379. The highest BCUT2D eigenvalue weighted by atomic mass is 32.1. The molecule has 0 bridgehead atoms. The van der Waals surface area contributed by atoms with Crippen molar-refractivity contribution in [3.63, 3.8) is 0 Å². The molecular weight excluding hydrogens is 743 g/mol. The molecule has 0 saturated heterocycles. The number of benzene rings is 9. The molecule has 1 spiro atoms. The number of nitrogens with zero attached hydrogens (tertiary/aromatic N) is 1. The Kier molecular flexibility index (Phi) is 6.94. The molecule has 0 atom stereocenters. The largest absolute Gasteiger partial charge is 0.310 e. The lowest BCUT2D eigenvalue weighted by atomic mass is 9.70. The van der Waals surface area contributed by atoms with Crippen molar-refractivity contribution in [3.05, 3.63) is 234 Å². The van der Waals surface area contributed by atoms with E-state index < -0.39 is 0 Å². The van der Waals surface area contributed by atoms with Crippen molar-refractivity contribution in [3.8, 4) is 44.5 Å². The minimum absolute atomic E-state index is 0.124. The summed E-state index contributed by atoms with van der Waals surface area (Å²) in [7, 11) is 0. The molecule has 0 amide bonds. The second-order valence-electron chi connectivity index (χ2n) is 17.2.